The molecular weight excluding hydrogens is 266 g/mol. The van der Waals surface area contributed by atoms with Crippen LogP contribution in [-0.4, -0.2) is 40.0 Å². The fourth-order valence-corrected chi connectivity index (χ4v) is 2.64. The Balaban J connectivity index is 2.75. The van der Waals surface area contributed by atoms with Gasteiger partial charge in [0.1, 0.15) is 15.9 Å². The lowest BCUT2D eigenvalue weighted by molar-refractivity contribution is -0.117. The van der Waals surface area contributed by atoms with Gasteiger partial charge in [0.15, 0.2) is 0 Å². The van der Waals surface area contributed by atoms with E-state index in [0.717, 1.165) is 9.88 Å². The van der Waals surface area contributed by atoms with Crippen molar-refractivity contribution in [2.75, 3.05) is 19.8 Å². The van der Waals surface area contributed by atoms with E-state index in [9.17, 15) is 9.90 Å². The van der Waals surface area contributed by atoms with Gasteiger partial charge in [-0.3, -0.25) is 4.79 Å². The number of carbonyl (C=O) groups is 1. The van der Waals surface area contributed by atoms with Crippen LogP contribution in [0, 0.1) is 0 Å². The molecule has 0 saturated carbocycles. The van der Waals surface area contributed by atoms with Crippen molar-refractivity contribution in [2.24, 2.45) is 0 Å². The third kappa shape index (κ3) is 4.31. The lowest BCUT2D eigenvalue weighted by atomic mass is 9.97. The Kier molecular flexibility index (Phi) is 5.62. The molecule has 5 heteroatoms. The van der Waals surface area contributed by atoms with Gasteiger partial charge < -0.3 is 10.0 Å². The van der Waals surface area contributed by atoms with Crippen molar-refractivity contribution in [1.82, 2.24) is 4.90 Å². The zero-order valence-corrected chi connectivity index (χ0v) is 12.3. The van der Waals surface area contributed by atoms with Crippen molar-refractivity contribution < 1.29 is 9.90 Å². The van der Waals surface area contributed by atoms with Gasteiger partial charge in [0, 0.05) is 19.8 Å². The SMILES string of the molecule is CC(=O)C(CSC(=S)N(C)C)c1ccc(O)cc1. The molecule has 0 heterocycles. The van der Waals surface area contributed by atoms with Crippen molar-refractivity contribution in [2.45, 2.75) is 12.8 Å². The summed E-state index contributed by atoms with van der Waals surface area (Å²) in [6, 6.07) is 6.75. The lowest BCUT2D eigenvalue weighted by Crippen LogP contribution is -2.19. The second kappa shape index (κ2) is 6.75. The molecule has 98 valence electrons. The van der Waals surface area contributed by atoms with Gasteiger partial charge in [-0.15, -0.1) is 0 Å². The van der Waals surface area contributed by atoms with E-state index in [0.29, 0.717) is 5.75 Å². The van der Waals surface area contributed by atoms with Gasteiger partial charge >= 0.3 is 0 Å². The monoisotopic (exact) mass is 283 g/mol. The molecule has 0 aromatic heterocycles. The van der Waals surface area contributed by atoms with Gasteiger partial charge in [-0.05, 0) is 24.6 Å². The Labute approximate surface area is 117 Å². The molecule has 1 unspecified atom stereocenters. The largest absolute Gasteiger partial charge is 0.508 e. The third-order valence-corrected chi connectivity index (χ3v) is 4.36. The maximum absolute atomic E-state index is 11.7. The Morgan fingerprint density at radius 1 is 1.39 bits per heavy atom. The van der Waals surface area contributed by atoms with Gasteiger partial charge in [0.25, 0.3) is 0 Å². The van der Waals surface area contributed by atoms with Crippen molar-refractivity contribution in [3.63, 3.8) is 0 Å². The maximum atomic E-state index is 11.7. The normalized spacial score (nSPS) is 11.9. The van der Waals surface area contributed by atoms with Gasteiger partial charge in [-0.25, -0.2) is 0 Å². The molecule has 1 atom stereocenters. The first-order valence-corrected chi connectivity index (χ1v) is 6.94. The molecule has 3 nitrogen and oxygen atoms in total. The van der Waals surface area contributed by atoms with Gasteiger partial charge in [0.05, 0.1) is 5.92 Å². The Morgan fingerprint density at radius 3 is 2.39 bits per heavy atom. The smallest absolute Gasteiger partial charge is 0.138 e. The van der Waals surface area contributed by atoms with Crippen LogP contribution in [0.1, 0.15) is 18.4 Å². The van der Waals surface area contributed by atoms with Crippen LogP contribution in [-0.2, 0) is 4.79 Å². The minimum atomic E-state index is -0.187. The fourth-order valence-electron chi connectivity index (χ4n) is 1.44. The Bertz CT molecular complexity index is 429. The minimum Gasteiger partial charge on any atom is -0.508 e. The van der Waals surface area contributed by atoms with Crippen LogP contribution < -0.4 is 0 Å². The summed E-state index contributed by atoms with van der Waals surface area (Å²) in [6.07, 6.45) is 0. The van der Waals surface area contributed by atoms with E-state index in [1.54, 1.807) is 31.2 Å². The number of thiocarbonyl (C=S) groups is 1. The number of thioether (sulfide) groups is 1. The van der Waals surface area contributed by atoms with E-state index in [2.05, 4.69) is 0 Å². The molecule has 0 aliphatic rings. The van der Waals surface area contributed by atoms with E-state index in [1.165, 1.54) is 11.8 Å². The van der Waals surface area contributed by atoms with E-state index in [1.807, 2.05) is 19.0 Å². The molecule has 0 fully saturated rings. The van der Waals surface area contributed by atoms with E-state index < -0.39 is 0 Å². The molecule has 0 aliphatic heterocycles. The van der Waals surface area contributed by atoms with E-state index >= 15 is 0 Å². The molecule has 0 spiro atoms. The van der Waals surface area contributed by atoms with Crippen LogP contribution in [0.25, 0.3) is 0 Å². The van der Waals surface area contributed by atoms with E-state index in [4.69, 9.17) is 12.2 Å². The summed E-state index contributed by atoms with van der Waals surface area (Å²) in [5.41, 5.74) is 0.911. The second-order valence-corrected chi connectivity index (χ2v) is 5.88. The predicted octanol–water partition coefficient (Wildman–Crippen LogP) is 2.64. The van der Waals surface area contributed by atoms with Crippen molar-refractivity contribution in [3.05, 3.63) is 29.8 Å². The number of aromatic hydroxyl groups is 1. The summed E-state index contributed by atoms with van der Waals surface area (Å²) < 4.78 is 0.764. The van der Waals surface area contributed by atoms with E-state index in [-0.39, 0.29) is 17.5 Å². The summed E-state index contributed by atoms with van der Waals surface area (Å²) >= 11 is 6.69. The van der Waals surface area contributed by atoms with Crippen LogP contribution in [0.3, 0.4) is 0 Å². The third-order valence-electron chi connectivity index (χ3n) is 2.52. The number of Topliss-reactive ketones (excluding diaryl/α,β-unsaturated/α-hetero) is 1. The van der Waals surface area contributed by atoms with Gasteiger partial charge in [0.2, 0.25) is 0 Å². The number of hydrogen-bond donors (Lipinski definition) is 1. The highest BCUT2D eigenvalue weighted by atomic mass is 32.2. The highest BCUT2D eigenvalue weighted by molar-refractivity contribution is 8.22. The van der Waals surface area contributed by atoms with Crippen molar-refractivity contribution >= 4 is 34.1 Å². The van der Waals surface area contributed by atoms with Gasteiger partial charge in [-0.2, -0.15) is 0 Å². The second-order valence-electron chi connectivity index (χ2n) is 4.23. The number of benzene rings is 1. The molecule has 0 amide bonds. The zero-order valence-electron chi connectivity index (χ0n) is 10.7. The first-order chi connectivity index (χ1) is 8.41. The fraction of sp³-hybridized carbons (Fsp3) is 0.385. The van der Waals surface area contributed by atoms with Gasteiger partial charge in [-0.1, -0.05) is 36.1 Å². The highest BCUT2D eigenvalue weighted by Crippen LogP contribution is 2.24. The zero-order chi connectivity index (χ0) is 13.7. The average molecular weight is 283 g/mol. The van der Waals surface area contributed by atoms with Crippen molar-refractivity contribution in [3.8, 4) is 5.75 Å². The molecule has 0 bridgehead atoms. The molecule has 1 aromatic carbocycles. The quantitative estimate of drug-likeness (QED) is 0.860. The first-order valence-electron chi connectivity index (χ1n) is 5.55. The van der Waals surface area contributed by atoms with Crippen LogP contribution >= 0.6 is 24.0 Å². The Morgan fingerprint density at radius 2 is 1.94 bits per heavy atom. The van der Waals surface area contributed by atoms with Crippen LogP contribution in [0.5, 0.6) is 5.75 Å². The number of carbonyl (C=O) groups excluding carboxylic acids is 1. The molecule has 1 aromatic rings. The highest BCUT2D eigenvalue weighted by Gasteiger charge is 2.18. The summed E-state index contributed by atoms with van der Waals surface area (Å²) in [4.78, 5) is 13.5. The molecule has 0 saturated heterocycles. The summed E-state index contributed by atoms with van der Waals surface area (Å²) in [6.45, 7) is 1.58. The number of phenols is 1. The molecule has 1 N–H and O–H groups in total. The summed E-state index contributed by atoms with van der Waals surface area (Å²) in [5.74, 6) is 0.748. The number of hydrogen-bond acceptors (Lipinski definition) is 4. The topological polar surface area (TPSA) is 40.5 Å². The van der Waals surface area contributed by atoms with Crippen molar-refractivity contribution in [1.29, 1.82) is 0 Å². The molecule has 0 aliphatic carbocycles. The minimum absolute atomic E-state index is 0.106. The number of phenolic OH excluding ortho intramolecular Hbond substituents is 1. The number of nitrogens with zero attached hydrogens (tertiary/aromatic N) is 1. The molecule has 18 heavy (non-hydrogen) atoms. The number of ketones is 1. The summed E-state index contributed by atoms with van der Waals surface area (Å²) in [7, 11) is 3.78. The summed E-state index contributed by atoms with van der Waals surface area (Å²) in [5, 5.41) is 9.25. The van der Waals surface area contributed by atoms with Crippen LogP contribution in [0.4, 0.5) is 0 Å². The molecule has 0 radical (unpaired) electrons. The first kappa shape index (κ1) is 15.0. The standard InChI is InChI=1S/C13H17NO2S2/c1-9(15)12(8-18-13(17)14(2)3)10-4-6-11(16)7-5-10/h4-7,12,16H,8H2,1-3H3. The predicted molar refractivity (Wildman–Crippen MR) is 80.3 cm³/mol. The lowest BCUT2D eigenvalue weighted by Gasteiger charge is -2.17. The average Bonchev–Trinajstić information content (AvgIpc) is 2.30. The van der Waals surface area contributed by atoms with Crippen LogP contribution in [0.15, 0.2) is 24.3 Å². The number of rotatable bonds is 4. The molecule has 1 rings (SSSR count). The molecular formula is C13H17NO2S2. The van der Waals surface area contributed by atoms with Crippen LogP contribution in [0.2, 0.25) is 0 Å². The Hall–Kier alpha value is -1.07. The maximum Gasteiger partial charge on any atom is 0.138 e.